The molecule has 0 bridgehead atoms. The second kappa shape index (κ2) is 14.2. The fraction of sp³-hybridized carbons (Fsp3) is 0.0545. The highest BCUT2D eigenvalue weighted by Gasteiger charge is 2.36. The third-order valence-corrected chi connectivity index (χ3v) is 11.6. The zero-order chi connectivity index (χ0) is 38.3. The summed E-state index contributed by atoms with van der Waals surface area (Å²) in [5, 5.41) is 4.91. The molecule has 272 valence electrons. The van der Waals surface area contributed by atoms with E-state index in [1.807, 2.05) is 0 Å². The third-order valence-electron chi connectivity index (χ3n) is 11.6. The average molecular weight is 731 g/mol. The molecular formula is C55H42N2. The molecular weight excluding hydrogens is 689 g/mol. The molecule has 0 saturated heterocycles. The first-order valence-corrected chi connectivity index (χ1v) is 19.8. The SMILES string of the molecule is CC1(C)c2cc(C=Cc3ccc(N(c4ccccc4)c4ccccc4)cc3)ccc2-c2ccc(N(c3cccc4ccccc34)c3cccc4ccccc34)cc21. The Morgan fingerprint density at radius 2 is 0.789 bits per heavy atom. The van der Waals surface area contributed by atoms with Crippen LogP contribution in [0.1, 0.15) is 36.1 Å². The summed E-state index contributed by atoms with van der Waals surface area (Å²) in [6.45, 7) is 4.75. The van der Waals surface area contributed by atoms with Gasteiger partial charge in [0.15, 0.2) is 0 Å². The highest BCUT2D eigenvalue weighted by Crippen LogP contribution is 2.52. The largest absolute Gasteiger partial charge is 0.311 e. The molecule has 0 aliphatic heterocycles. The molecule has 0 atom stereocenters. The lowest BCUT2D eigenvalue weighted by Gasteiger charge is -2.30. The van der Waals surface area contributed by atoms with Crippen molar-refractivity contribution in [2.45, 2.75) is 19.3 Å². The molecule has 0 radical (unpaired) electrons. The molecule has 0 amide bonds. The standard InChI is InChI=1S/C55H42N2/c1-55(2)51-37-40(28-27-39-29-32-45(33-30-39)56(43-19-5-3-6-20-43)44-21-7-4-8-22-44)31-35-49(51)50-36-34-46(38-52(50)55)57(53-25-13-17-41-15-9-11-23-47(41)53)54-26-14-18-42-16-10-12-24-48(42)54/h3-38H,1-2H3. The third kappa shape index (κ3) is 6.16. The lowest BCUT2D eigenvalue weighted by Crippen LogP contribution is -2.17. The second-order valence-corrected chi connectivity index (χ2v) is 15.4. The van der Waals surface area contributed by atoms with Gasteiger partial charge in [0.2, 0.25) is 0 Å². The molecule has 1 aliphatic rings. The Bertz CT molecular complexity index is 2800. The van der Waals surface area contributed by atoms with Gasteiger partial charge in [0.1, 0.15) is 0 Å². The Balaban J connectivity index is 0.987. The Hall–Kier alpha value is -7.16. The molecule has 0 aromatic heterocycles. The van der Waals surface area contributed by atoms with E-state index in [1.165, 1.54) is 60.7 Å². The van der Waals surface area contributed by atoms with Crippen LogP contribution >= 0.6 is 0 Å². The molecule has 9 aromatic rings. The smallest absolute Gasteiger partial charge is 0.0540 e. The first-order valence-electron chi connectivity index (χ1n) is 19.8. The van der Waals surface area contributed by atoms with E-state index in [-0.39, 0.29) is 5.41 Å². The van der Waals surface area contributed by atoms with Crippen LogP contribution < -0.4 is 9.80 Å². The van der Waals surface area contributed by atoms with Crippen LogP contribution in [0.5, 0.6) is 0 Å². The molecule has 0 unspecified atom stereocenters. The topological polar surface area (TPSA) is 6.48 Å². The van der Waals surface area contributed by atoms with Crippen LogP contribution in [0.15, 0.2) is 206 Å². The molecule has 0 fully saturated rings. The van der Waals surface area contributed by atoms with Gasteiger partial charge in [-0.2, -0.15) is 0 Å². The summed E-state index contributed by atoms with van der Waals surface area (Å²) >= 11 is 0. The van der Waals surface area contributed by atoms with Gasteiger partial charge in [0.05, 0.1) is 11.4 Å². The molecule has 2 nitrogen and oxygen atoms in total. The van der Waals surface area contributed by atoms with Crippen molar-refractivity contribution < 1.29 is 0 Å². The van der Waals surface area contributed by atoms with Gasteiger partial charge in [-0.1, -0.05) is 172 Å². The van der Waals surface area contributed by atoms with Crippen molar-refractivity contribution in [1.29, 1.82) is 0 Å². The number of nitrogens with zero attached hydrogens (tertiary/aromatic N) is 2. The zero-order valence-electron chi connectivity index (χ0n) is 32.2. The molecule has 0 spiro atoms. The van der Waals surface area contributed by atoms with Crippen molar-refractivity contribution in [3.63, 3.8) is 0 Å². The summed E-state index contributed by atoms with van der Waals surface area (Å²) in [6.07, 6.45) is 4.47. The Morgan fingerprint density at radius 1 is 0.351 bits per heavy atom. The number of fused-ring (bicyclic) bond motifs is 5. The van der Waals surface area contributed by atoms with E-state index in [2.05, 4.69) is 242 Å². The van der Waals surface area contributed by atoms with Gasteiger partial charge in [0, 0.05) is 38.9 Å². The minimum absolute atomic E-state index is 0.187. The first-order chi connectivity index (χ1) is 28.0. The highest BCUT2D eigenvalue weighted by molar-refractivity contribution is 6.05. The van der Waals surface area contributed by atoms with Gasteiger partial charge in [-0.25, -0.2) is 0 Å². The fourth-order valence-electron chi connectivity index (χ4n) is 8.73. The van der Waals surface area contributed by atoms with Crippen LogP contribution in [0.3, 0.4) is 0 Å². The van der Waals surface area contributed by atoms with Gasteiger partial charge >= 0.3 is 0 Å². The summed E-state index contributed by atoms with van der Waals surface area (Å²) in [6, 6.07) is 74.6. The average Bonchev–Trinajstić information content (AvgIpc) is 3.49. The number of hydrogen-bond acceptors (Lipinski definition) is 2. The van der Waals surface area contributed by atoms with Crippen molar-refractivity contribution in [1.82, 2.24) is 0 Å². The molecule has 2 heteroatoms. The predicted octanol–water partition coefficient (Wildman–Crippen LogP) is 15.4. The summed E-state index contributed by atoms with van der Waals surface area (Å²) in [7, 11) is 0. The van der Waals surface area contributed by atoms with Crippen LogP contribution in [0.4, 0.5) is 34.1 Å². The van der Waals surface area contributed by atoms with E-state index in [4.69, 9.17) is 0 Å². The van der Waals surface area contributed by atoms with E-state index in [9.17, 15) is 0 Å². The predicted molar refractivity (Wildman–Crippen MR) is 244 cm³/mol. The summed E-state index contributed by atoms with van der Waals surface area (Å²) in [4.78, 5) is 4.75. The van der Waals surface area contributed by atoms with Crippen LogP contribution in [-0.2, 0) is 5.41 Å². The van der Waals surface area contributed by atoms with E-state index in [0.29, 0.717) is 0 Å². The maximum atomic E-state index is 2.46. The van der Waals surface area contributed by atoms with E-state index in [1.54, 1.807) is 0 Å². The van der Waals surface area contributed by atoms with Crippen molar-refractivity contribution in [2.24, 2.45) is 0 Å². The monoisotopic (exact) mass is 730 g/mol. The van der Waals surface area contributed by atoms with E-state index < -0.39 is 0 Å². The summed E-state index contributed by atoms with van der Waals surface area (Å²) in [5.41, 5.74) is 14.4. The van der Waals surface area contributed by atoms with Gasteiger partial charge in [-0.05, 0) is 105 Å². The molecule has 9 aromatic carbocycles. The molecule has 0 saturated carbocycles. The van der Waals surface area contributed by atoms with Crippen molar-refractivity contribution in [2.75, 3.05) is 9.80 Å². The molecule has 57 heavy (non-hydrogen) atoms. The number of hydrogen-bond donors (Lipinski definition) is 0. The number of anilines is 6. The Labute approximate surface area is 335 Å². The molecule has 0 heterocycles. The number of para-hydroxylation sites is 2. The minimum Gasteiger partial charge on any atom is -0.311 e. The van der Waals surface area contributed by atoms with Crippen LogP contribution in [0.2, 0.25) is 0 Å². The fourth-order valence-corrected chi connectivity index (χ4v) is 8.73. The van der Waals surface area contributed by atoms with Crippen molar-refractivity contribution >= 4 is 67.8 Å². The highest BCUT2D eigenvalue weighted by atomic mass is 15.1. The Kier molecular flexibility index (Phi) is 8.53. The minimum atomic E-state index is -0.187. The van der Waals surface area contributed by atoms with E-state index in [0.717, 1.165) is 28.3 Å². The van der Waals surface area contributed by atoms with Gasteiger partial charge < -0.3 is 9.80 Å². The normalized spacial score (nSPS) is 12.8. The van der Waals surface area contributed by atoms with Gasteiger partial charge in [-0.3, -0.25) is 0 Å². The summed E-state index contributed by atoms with van der Waals surface area (Å²) in [5.74, 6) is 0. The van der Waals surface area contributed by atoms with Gasteiger partial charge in [0.25, 0.3) is 0 Å². The summed E-state index contributed by atoms with van der Waals surface area (Å²) < 4.78 is 0. The molecule has 0 N–H and O–H groups in total. The Morgan fingerprint density at radius 3 is 1.39 bits per heavy atom. The van der Waals surface area contributed by atoms with Crippen molar-refractivity contribution in [3.05, 3.63) is 229 Å². The maximum absolute atomic E-state index is 2.46. The van der Waals surface area contributed by atoms with E-state index >= 15 is 0 Å². The van der Waals surface area contributed by atoms with Crippen molar-refractivity contribution in [3.8, 4) is 11.1 Å². The maximum Gasteiger partial charge on any atom is 0.0540 e. The lowest BCUT2D eigenvalue weighted by molar-refractivity contribution is 0.660. The molecule has 10 rings (SSSR count). The second-order valence-electron chi connectivity index (χ2n) is 15.4. The van der Waals surface area contributed by atoms with Crippen LogP contribution in [0, 0.1) is 0 Å². The van der Waals surface area contributed by atoms with Gasteiger partial charge in [-0.15, -0.1) is 0 Å². The first kappa shape index (κ1) is 34.3. The quantitative estimate of drug-likeness (QED) is 0.144. The van der Waals surface area contributed by atoms with Crippen LogP contribution in [0.25, 0.3) is 44.8 Å². The number of benzene rings is 9. The zero-order valence-corrected chi connectivity index (χ0v) is 32.2. The lowest BCUT2D eigenvalue weighted by atomic mass is 9.81. The van der Waals surface area contributed by atoms with Crippen LogP contribution in [-0.4, -0.2) is 0 Å². The number of rotatable bonds is 8. The molecule has 1 aliphatic carbocycles.